The van der Waals surface area contributed by atoms with Gasteiger partial charge in [0.15, 0.2) is 21.4 Å². The first-order chi connectivity index (χ1) is 19.5. The molecule has 5 N–H and O–H groups in total. The van der Waals surface area contributed by atoms with Crippen LogP contribution >= 0.6 is 46.2 Å². The lowest BCUT2D eigenvalue weighted by Crippen LogP contribution is -2.71. The number of anilines is 1. The molecule has 0 spiro atoms. The fourth-order valence-corrected chi connectivity index (χ4v) is 8.09. The third kappa shape index (κ3) is 5.72. The normalized spacial score (nSPS) is 19.5. The molecule has 1 saturated heterocycles. The Kier molecular flexibility index (Phi) is 8.16. The molecule has 5 heterocycles. The number of nitrogens with zero attached hydrogens (tertiary/aromatic N) is 5. The van der Waals surface area contributed by atoms with Gasteiger partial charge in [-0.15, -0.1) is 23.1 Å². The smallest absolute Gasteiger partial charge is 0.352 e. The highest BCUT2D eigenvalue weighted by Crippen LogP contribution is 2.42. The Bertz CT molecular complexity index is 1630. The Labute approximate surface area is 248 Å². The van der Waals surface area contributed by atoms with Crippen LogP contribution in [0.1, 0.15) is 12.6 Å². The van der Waals surface area contributed by atoms with Crippen LogP contribution in [0, 0.1) is 0 Å². The topological polar surface area (TPSA) is 201 Å². The number of fused-ring (bicyclic) bond motifs is 2. The number of nitrogens with one attached hydrogen (secondary N) is 1. The standard InChI is InChI=1S/C23H21N7O7S4/c1-9(20(33)34)37-28-13(12-8-39-22(24)25-12)16(31)27-14-17(32)30-15(21(35)36)10(6-38-19(14)30)7-40-23-26-11-4-3-5-29(2)18(11)41-23/h3-5,8-9,14,19H,6-7H2,1-2H3,(H4-,24,25,27,31,33,34,35,36)/p+1/t9-,14?,19-/m0/s1. The number of aliphatic carboxylic acids is 2. The molecule has 41 heavy (non-hydrogen) atoms. The van der Waals surface area contributed by atoms with E-state index in [0.717, 1.165) is 26.0 Å². The number of carboxylic acids is 2. The molecule has 1 fully saturated rings. The van der Waals surface area contributed by atoms with Gasteiger partial charge in [-0.05, 0) is 29.9 Å². The van der Waals surface area contributed by atoms with E-state index in [1.807, 2.05) is 29.9 Å². The van der Waals surface area contributed by atoms with Gasteiger partial charge in [-0.2, -0.15) is 4.57 Å². The number of hydrogen-bond donors (Lipinski definition) is 4. The molecular formula is C23H22N7O7S4+. The predicted molar refractivity (Wildman–Crippen MR) is 152 cm³/mol. The van der Waals surface area contributed by atoms with E-state index in [2.05, 4.69) is 20.4 Å². The van der Waals surface area contributed by atoms with Crippen LogP contribution in [0.4, 0.5) is 5.13 Å². The number of thioether (sulfide) groups is 2. The van der Waals surface area contributed by atoms with E-state index < -0.39 is 41.3 Å². The highest BCUT2D eigenvalue weighted by atomic mass is 32.2. The molecule has 3 atom stereocenters. The van der Waals surface area contributed by atoms with Gasteiger partial charge in [0, 0.05) is 23.0 Å². The van der Waals surface area contributed by atoms with Gasteiger partial charge in [-0.1, -0.05) is 16.9 Å². The molecule has 0 bridgehead atoms. The predicted octanol–water partition coefficient (Wildman–Crippen LogP) is 0.884. The number of carbonyl (C=O) groups excluding carboxylic acids is 2. The number of nitrogens with two attached hydrogens (primary N) is 1. The van der Waals surface area contributed by atoms with E-state index in [9.17, 15) is 24.3 Å². The molecule has 2 aliphatic rings. The molecule has 2 aliphatic heterocycles. The zero-order chi connectivity index (χ0) is 29.4. The monoisotopic (exact) mass is 636 g/mol. The molecule has 0 saturated carbocycles. The van der Waals surface area contributed by atoms with Crippen molar-refractivity contribution in [2.75, 3.05) is 17.2 Å². The highest BCUT2D eigenvalue weighted by molar-refractivity contribution is 8.02. The van der Waals surface area contributed by atoms with Crippen LogP contribution in [-0.4, -0.2) is 83.6 Å². The minimum Gasteiger partial charge on any atom is -0.478 e. The second kappa shape index (κ2) is 11.6. The summed E-state index contributed by atoms with van der Waals surface area (Å²) < 4.78 is 2.74. The van der Waals surface area contributed by atoms with Crippen LogP contribution in [-0.2, 0) is 31.1 Å². The molecule has 0 radical (unpaired) electrons. The maximum atomic E-state index is 13.1. The molecule has 3 aromatic rings. The Morgan fingerprint density at radius 2 is 2.15 bits per heavy atom. The molecule has 3 aromatic heterocycles. The number of carbonyl (C=O) groups is 4. The average Bonchev–Trinajstić information content (AvgIpc) is 3.56. The van der Waals surface area contributed by atoms with Crippen LogP contribution < -0.4 is 15.6 Å². The van der Waals surface area contributed by atoms with Crippen molar-refractivity contribution in [2.24, 2.45) is 12.2 Å². The van der Waals surface area contributed by atoms with Crippen molar-refractivity contribution >= 4 is 91.1 Å². The first-order valence-corrected chi connectivity index (χ1v) is 15.5. The summed E-state index contributed by atoms with van der Waals surface area (Å²) in [7, 11) is 1.92. The molecule has 1 unspecified atom stereocenters. The zero-order valence-electron chi connectivity index (χ0n) is 21.3. The summed E-state index contributed by atoms with van der Waals surface area (Å²) in [6.07, 6.45) is 0.571. The fraction of sp³-hybridized carbons (Fsp3) is 0.304. The Morgan fingerprint density at radius 3 is 2.80 bits per heavy atom. The third-order valence-electron chi connectivity index (χ3n) is 6.03. The number of β-lactam (4-membered cyclic amide) rings is 1. The second-order valence-electron chi connectivity index (χ2n) is 8.79. The number of aryl methyl sites for hydroxylation is 1. The summed E-state index contributed by atoms with van der Waals surface area (Å²) in [5.74, 6) is -3.33. The number of carboxylic acid groups (broad SMARTS) is 2. The van der Waals surface area contributed by atoms with Crippen LogP contribution in [0.5, 0.6) is 0 Å². The maximum Gasteiger partial charge on any atom is 0.352 e. The van der Waals surface area contributed by atoms with E-state index in [1.54, 1.807) is 0 Å². The van der Waals surface area contributed by atoms with Crippen molar-refractivity contribution in [2.45, 2.75) is 28.8 Å². The lowest BCUT2D eigenvalue weighted by molar-refractivity contribution is -0.642. The summed E-state index contributed by atoms with van der Waals surface area (Å²) in [5, 5.41) is 26.2. The van der Waals surface area contributed by atoms with E-state index in [4.69, 9.17) is 15.7 Å². The van der Waals surface area contributed by atoms with Crippen molar-refractivity contribution in [1.82, 2.24) is 20.2 Å². The third-order valence-corrected chi connectivity index (χ3v) is 10.4. The maximum absolute atomic E-state index is 13.1. The minimum atomic E-state index is -1.35. The van der Waals surface area contributed by atoms with Gasteiger partial charge >= 0.3 is 11.9 Å². The Morgan fingerprint density at radius 1 is 1.37 bits per heavy atom. The van der Waals surface area contributed by atoms with Gasteiger partial charge in [-0.3, -0.25) is 14.5 Å². The molecule has 14 nitrogen and oxygen atoms in total. The van der Waals surface area contributed by atoms with Crippen LogP contribution in [0.15, 0.2) is 44.5 Å². The molecular weight excluding hydrogens is 615 g/mol. The van der Waals surface area contributed by atoms with E-state index >= 15 is 0 Å². The summed E-state index contributed by atoms with van der Waals surface area (Å²) in [5.41, 5.74) is 6.65. The second-order valence-corrected chi connectivity index (χ2v) is 13.0. The fourth-order valence-electron chi connectivity index (χ4n) is 3.99. The number of aromatic nitrogens is 3. The minimum absolute atomic E-state index is 0.0383. The number of nitrogen functional groups attached to an aromatic ring is 1. The van der Waals surface area contributed by atoms with E-state index in [1.165, 1.54) is 52.1 Å². The Balaban J connectivity index is 1.31. The number of pyridine rings is 1. The number of thiazole rings is 2. The molecule has 5 rings (SSSR count). The van der Waals surface area contributed by atoms with Crippen LogP contribution in [0.2, 0.25) is 0 Å². The summed E-state index contributed by atoms with van der Waals surface area (Å²) in [4.78, 5) is 65.3. The number of rotatable bonds is 10. The highest BCUT2D eigenvalue weighted by Gasteiger charge is 2.54. The molecule has 0 aliphatic carbocycles. The zero-order valence-corrected chi connectivity index (χ0v) is 24.6. The Hall–Kier alpha value is -3.74. The van der Waals surface area contributed by atoms with Gasteiger partial charge < -0.3 is 26.1 Å². The summed E-state index contributed by atoms with van der Waals surface area (Å²) in [6, 6.07) is 2.76. The summed E-state index contributed by atoms with van der Waals surface area (Å²) in [6.45, 7) is 1.23. The van der Waals surface area contributed by atoms with Crippen molar-refractivity contribution in [3.05, 3.63) is 40.7 Å². The lowest BCUT2D eigenvalue weighted by atomic mass is 10.0. The number of hydrogen-bond acceptors (Lipinski definition) is 13. The molecule has 214 valence electrons. The largest absolute Gasteiger partial charge is 0.478 e. The van der Waals surface area contributed by atoms with Gasteiger partial charge in [0.2, 0.25) is 6.10 Å². The van der Waals surface area contributed by atoms with Crippen LogP contribution in [0.3, 0.4) is 0 Å². The van der Waals surface area contributed by atoms with Gasteiger partial charge in [-0.25, -0.2) is 19.6 Å². The van der Waals surface area contributed by atoms with Crippen molar-refractivity contribution in [3.8, 4) is 0 Å². The van der Waals surface area contributed by atoms with Gasteiger partial charge in [0.1, 0.15) is 35.4 Å². The molecule has 2 amide bonds. The van der Waals surface area contributed by atoms with E-state index in [0.29, 0.717) is 17.1 Å². The first-order valence-electron chi connectivity index (χ1n) is 11.8. The summed E-state index contributed by atoms with van der Waals surface area (Å²) >= 11 is 5.26. The van der Waals surface area contributed by atoms with Gasteiger partial charge in [0.05, 0.1) is 0 Å². The number of amides is 2. The number of oxime groups is 1. The van der Waals surface area contributed by atoms with Crippen molar-refractivity contribution in [1.29, 1.82) is 0 Å². The lowest BCUT2D eigenvalue weighted by Gasteiger charge is -2.49. The molecule has 0 aromatic carbocycles. The SMILES string of the molecule is C[C@H](ON=C(C(=O)NC1C(=O)N2C(C(=O)O)=C(CSc3nc4ccc[n+](C)c4s3)CS[C@@H]12)c1csc(N)n1)C(=O)O. The van der Waals surface area contributed by atoms with E-state index in [-0.39, 0.29) is 22.2 Å². The average molecular weight is 637 g/mol. The van der Waals surface area contributed by atoms with Crippen molar-refractivity contribution < 1.29 is 38.8 Å². The first kappa shape index (κ1) is 28.8. The molecule has 18 heteroatoms. The quantitative estimate of drug-likeness (QED) is 0.0806. The van der Waals surface area contributed by atoms with Gasteiger partial charge in [0.25, 0.3) is 16.6 Å². The van der Waals surface area contributed by atoms with Crippen molar-refractivity contribution in [3.63, 3.8) is 0 Å². The van der Waals surface area contributed by atoms with Crippen LogP contribution in [0.25, 0.3) is 10.3 Å².